The summed E-state index contributed by atoms with van der Waals surface area (Å²) in [5.41, 5.74) is 0. The van der Waals surface area contributed by atoms with E-state index < -0.39 is 12.3 Å². The van der Waals surface area contributed by atoms with Crippen molar-refractivity contribution in [2.24, 2.45) is 0 Å². The molecule has 1 amide bonds. The number of rotatable bonds is 1. The first kappa shape index (κ1) is 10.6. The molecule has 4 nitrogen and oxygen atoms in total. The Morgan fingerprint density at radius 1 is 1.55 bits per heavy atom. The number of hydrogen-bond acceptors (Lipinski definition) is 3. The molecule has 1 N–H and O–H groups in total. The predicted molar refractivity (Wildman–Crippen MR) is 31.7 cm³/mol. The fraction of sp³-hybridized carbons (Fsp3) is 0.167. The molecule has 1 heterocycles. The third kappa shape index (κ3) is 4.08. The minimum absolute atomic E-state index is 0. The Bertz CT molecular complexity index is 190. The van der Waals surface area contributed by atoms with Crippen LogP contribution in [0, 0.1) is 0 Å². The Balaban J connectivity index is 0.000001000. The smallest absolute Gasteiger partial charge is 0.530 e. The second kappa shape index (κ2) is 5.23. The molecule has 1 aliphatic rings. The molecule has 0 saturated heterocycles. The first-order valence-electron chi connectivity index (χ1n) is 2.75. The molecule has 1 unspecified atom stereocenters. The van der Waals surface area contributed by atoms with Crippen LogP contribution in [-0.4, -0.2) is 12.3 Å². The maximum Gasteiger partial charge on any atom is 1.00 e. The fourth-order valence-corrected chi connectivity index (χ4v) is 0.584. The zero-order valence-corrected chi connectivity index (χ0v) is 8.11. The molecule has 0 aromatic carbocycles. The summed E-state index contributed by atoms with van der Waals surface area (Å²) in [6, 6.07) is 0. The van der Waals surface area contributed by atoms with Crippen LogP contribution in [0.3, 0.4) is 0 Å². The Hall–Kier alpha value is -0.450. The van der Waals surface area contributed by atoms with E-state index in [0.29, 0.717) is 0 Å². The van der Waals surface area contributed by atoms with Crippen molar-refractivity contribution in [3.63, 3.8) is 0 Å². The average molecular weight is 163 g/mol. The zero-order chi connectivity index (χ0) is 7.40. The minimum Gasteiger partial charge on any atom is -0.530 e. The summed E-state index contributed by atoms with van der Waals surface area (Å²) in [6.45, 7) is 0. The van der Waals surface area contributed by atoms with Gasteiger partial charge in [-0.3, -0.25) is 0 Å². The molecule has 5 heteroatoms. The Kier molecular flexibility index (Phi) is 5.02. The first-order chi connectivity index (χ1) is 4.79. The first-order valence-corrected chi connectivity index (χ1v) is 2.75. The van der Waals surface area contributed by atoms with Gasteiger partial charge in [-0.1, -0.05) is 6.08 Å². The van der Waals surface area contributed by atoms with Crippen molar-refractivity contribution in [1.29, 1.82) is 0 Å². The second-order valence-electron chi connectivity index (χ2n) is 1.70. The van der Waals surface area contributed by atoms with Crippen molar-refractivity contribution in [3.8, 4) is 0 Å². The summed E-state index contributed by atoms with van der Waals surface area (Å²) >= 11 is 0. The third-order valence-corrected chi connectivity index (χ3v) is 0.961. The summed E-state index contributed by atoms with van der Waals surface area (Å²) in [7, 11) is 0. The van der Waals surface area contributed by atoms with Gasteiger partial charge < -0.3 is 20.0 Å². The summed E-state index contributed by atoms with van der Waals surface area (Å²) in [6.07, 6.45) is 4.37. The molecule has 0 aromatic heterocycles. The Labute approximate surface area is 86.2 Å². The topological polar surface area (TPSA) is 61.4 Å². The van der Waals surface area contributed by atoms with E-state index in [-0.39, 0.29) is 29.6 Å². The summed E-state index contributed by atoms with van der Waals surface area (Å²) in [5.74, 6) is 0. The van der Waals surface area contributed by atoms with Crippen LogP contribution < -0.4 is 40.0 Å². The standard InChI is InChI=1S/C6H7NO3.Na/c8-6(9)7-5-3-1-2-4-10-5;/h1-5,7H,(H,8,9);/q;+1/p-1. The fourth-order valence-electron chi connectivity index (χ4n) is 0.584. The number of hydrogen-bond donors (Lipinski definition) is 1. The molecule has 1 atom stereocenters. The van der Waals surface area contributed by atoms with E-state index in [1.165, 1.54) is 6.26 Å². The third-order valence-electron chi connectivity index (χ3n) is 0.961. The molecule has 0 fully saturated rings. The van der Waals surface area contributed by atoms with Crippen LogP contribution in [0.1, 0.15) is 0 Å². The van der Waals surface area contributed by atoms with Crippen LogP contribution in [0.25, 0.3) is 0 Å². The number of amides is 1. The van der Waals surface area contributed by atoms with Crippen LogP contribution in [-0.2, 0) is 4.74 Å². The quantitative estimate of drug-likeness (QED) is 0.405. The Morgan fingerprint density at radius 3 is 2.73 bits per heavy atom. The molecular formula is C6H6NNaO3. The van der Waals surface area contributed by atoms with Crippen molar-refractivity contribution in [1.82, 2.24) is 5.32 Å². The molecule has 11 heavy (non-hydrogen) atoms. The van der Waals surface area contributed by atoms with E-state index in [1.54, 1.807) is 18.2 Å². The summed E-state index contributed by atoms with van der Waals surface area (Å²) < 4.78 is 4.79. The molecule has 54 valence electrons. The second-order valence-corrected chi connectivity index (χ2v) is 1.70. The van der Waals surface area contributed by atoms with Gasteiger partial charge in [0.15, 0.2) is 6.23 Å². The molecular weight excluding hydrogens is 157 g/mol. The number of allylic oxidation sites excluding steroid dienone is 2. The number of nitrogens with one attached hydrogen (secondary N) is 1. The molecule has 0 aromatic rings. The predicted octanol–water partition coefficient (Wildman–Crippen LogP) is -3.65. The van der Waals surface area contributed by atoms with Crippen LogP contribution >= 0.6 is 0 Å². The van der Waals surface area contributed by atoms with Gasteiger partial charge in [-0.15, -0.1) is 0 Å². The van der Waals surface area contributed by atoms with Gasteiger partial charge in [0.2, 0.25) is 0 Å². The van der Waals surface area contributed by atoms with E-state index in [9.17, 15) is 9.90 Å². The molecule has 0 radical (unpaired) electrons. The van der Waals surface area contributed by atoms with Gasteiger partial charge in [0, 0.05) is 0 Å². The van der Waals surface area contributed by atoms with E-state index in [0.717, 1.165) is 0 Å². The van der Waals surface area contributed by atoms with Crippen molar-refractivity contribution >= 4 is 6.09 Å². The maximum absolute atomic E-state index is 9.91. The number of carboxylic acid groups (broad SMARTS) is 1. The van der Waals surface area contributed by atoms with Crippen LogP contribution in [0.15, 0.2) is 24.5 Å². The van der Waals surface area contributed by atoms with Crippen LogP contribution in [0.5, 0.6) is 0 Å². The van der Waals surface area contributed by atoms with Gasteiger partial charge in [0.25, 0.3) is 0 Å². The van der Waals surface area contributed by atoms with Crippen molar-refractivity contribution < 1.29 is 44.2 Å². The largest absolute Gasteiger partial charge is 1.00 e. The van der Waals surface area contributed by atoms with E-state index in [4.69, 9.17) is 4.74 Å². The van der Waals surface area contributed by atoms with E-state index >= 15 is 0 Å². The minimum atomic E-state index is -1.34. The van der Waals surface area contributed by atoms with E-state index in [2.05, 4.69) is 0 Å². The number of ether oxygens (including phenoxy) is 1. The summed E-state index contributed by atoms with van der Waals surface area (Å²) in [5, 5.41) is 11.9. The van der Waals surface area contributed by atoms with Crippen LogP contribution in [0.4, 0.5) is 4.79 Å². The maximum atomic E-state index is 9.91. The van der Waals surface area contributed by atoms with Gasteiger partial charge in [0.05, 0.1) is 6.26 Å². The molecule has 1 aliphatic heterocycles. The monoisotopic (exact) mass is 163 g/mol. The molecule has 0 aliphatic carbocycles. The van der Waals surface area contributed by atoms with Crippen molar-refractivity contribution in [2.45, 2.75) is 6.23 Å². The number of carbonyl (C=O) groups excluding carboxylic acids is 1. The van der Waals surface area contributed by atoms with Crippen LogP contribution in [0.2, 0.25) is 0 Å². The number of carbonyl (C=O) groups is 1. The molecule has 1 rings (SSSR count). The van der Waals surface area contributed by atoms with Crippen molar-refractivity contribution in [3.05, 3.63) is 24.5 Å². The normalized spacial score (nSPS) is 19.8. The van der Waals surface area contributed by atoms with Crippen molar-refractivity contribution in [2.75, 3.05) is 0 Å². The Morgan fingerprint density at radius 2 is 2.27 bits per heavy atom. The SMILES string of the molecule is O=C([O-])NC1C=CC=CO1.[Na+]. The van der Waals surface area contributed by atoms with Gasteiger partial charge in [-0.05, 0) is 12.2 Å². The molecule has 0 spiro atoms. The summed E-state index contributed by atoms with van der Waals surface area (Å²) in [4.78, 5) is 9.91. The molecule has 0 saturated carbocycles. The molecule has 0 bridgehead atoms. The van der Waals surface area contributed by atoms with Gasteiger partial charge >= 0.3 is 29.6 Å². The average Bonchev–Trinajstić information content (AvgIpc) is 1.88. The van der Waals surface area contributed by atoms with Gasteiger partial charge in [0.1, 0.15) is 6.09 Å². The van der Waals surface area contributed by atoms with Gasteiger partial charge in [-0.2, -0.15) is 0 Å². The van der Waals surface area contributed by atoms with E-state index in [1.807, 2.05) is 5.32 Å². The van der Waals surface area contributed by atoms with Gasteiger partial charge in [-0.25, -0.2) is 0 Å². The zero-order valence-electron chi connectivity index (χ0n) is 6.11.